The van der Waals surface area contributed by atoms with Crippen molar-refractivity contribution in [1.82, 2.24) is 19.6 Å². The monoisotopic (exact) mass is 1960 g/mol. The number of anilines is 3. The fourth-order valence-corrected chi connectivity index (χ4v) is 16.3. The number of nitrogen functional groups attached to an aromatic ring is 1. The molecule has 4 aliphatic rings. The molecule has 34 heteroatoms. The number of nitrogens with one attached hydrogen (secondary N) is 2. The average Bonchev–Trinajstić information content (AvgIpc) is 0.786. The van der Waals surface area contributed by atoms with Crippen molar-refractivity contribution in [2.24, 2.45) is 0 Å². The van der Waals surface area contributed by atoms with E-state index in [1.807, 2.05) is 149 Å². The summed E-state index contributed by atoms with van der Waals surface area (Å²) in [7, 11) is 5.42. The Bertz CT molecular complexity index is 6190. The number of hydrogen-bond donors (Lipinski definition) is 6. The Balaban J connectivity index is 0.000000191. The lowest BCUT2D eigenvalue weighted by molar-refractivity contribution is -0.385. The Morgan fingerprint density at radius 1 is 0.383 bits per heavy atom. The summed E-state index contributed by atoms with van der Waals surface area (Å²) in [6.45, 7) is 38.4. The van der Waals surface area contributed by atoms with Crippen LogP contribution in [0.25, 0.3) is 32.3 Å². The fourth-order valence-electron chi connectivity index (χ4n) is 16.2. The number of nitrogens with two attached hydrogens (primary N) is 1. The molecule has 7 N–H and O–H groups in total. The van der Waals surface area contributed by atoms with E-state index in [2.05, 4.69) is 25.3 Å². The van der Waals surface area contributed by atoms with Gasteiger partial charge < -0.3 is 84.0 Å². The second-order valence-electron chi connectivity index (χ2n) is 38.0. The van der Waals surface area contributed by atoms with Gasteiger partial charge in [-0.1, -0.05) is 156 Å². The molecule has 4 saturated heterocycles. The summed E-state index contributed by atoms with van der Waals surface area (Å²) in [5, 5.41) is 47.4. The van der Waals surface area contributed by atoms with Crippen LogP contribution < -0.4 is 49.5 Å². The number of amides is 3. The number of rotatable bonds is 29. The van der Waals surface area contributed by atoms with Gasteiger partial charge in [-0.05, 0) is 170 Å². The van der Waals surface area contributed by atoms with Gasteiger partial charge in [0.25, 0.3) is 34.5 Å². The summed E-state index contributed by atoms with van der Waals surface area (Å²) in [5.41, 5.74) is 8.91. The Morgan fingerprint density at radius 3 is 1.00 bits per heavy atom. The number of halogens is 1. The van der Waals surface area contributed by atoms with Gasteiger partial charge in [0.2, 0.25) is 11.5 Å². The number of carbonyl (C=O) groups excluding carboxylic acids is 7. The second kappa shape index (κ2) is 49.4. The first-order valence-electron chi connectivity index (χ1n) is 46.5. The standard InChI is InChI=1S/C35H43N3O6.C30H34N2O7.C18H18ClNO4.C12H15NO5.C12H17NO3/c1-35(2,3)24-22-28(34(41)38-14-8-5-9-15-38)32(42-4)29(23-24)36-33(40)31(39)27-12-13-30(26-11-7-6-10-25(26)27)44-21-18-37-16-19-43-20-17-37;1-30(2,3)19-17-23(29(35)36)27(37-4)24(18-19)31-28(34)26(33)22-9-10-25(21-8-6-5-7-20(21)22)39-16-13-32-11-14-38-15-12-32;19-18(22)17(21)15-5-6-16(14-4-2-1-3-13(14)15)24-12-9-20-7-10-23-11-8-20;1-12(2,3)7-5-8(11(14)15)10(18-4)9(6-7)13(16)17;1-12(2,3)7-5-8(11(14)15)10(16-4)9(13)6-7/h6-7,10-13,22-23H,5,8-9,14-21H2,1-4H3,(H,36,40);5-10,17-18H,11-16H2,1-4H3,(H,31,34)(H,35,36);1-6H,7-12H2;5-6H,1-4H3,(H,14,15);5-6H,13H2,1-4H3,(H,14,15). The third-order valence-corrected chi connectivity index (χ3v) is 24.4. The lowest BCUT2D eigenvalue weighted by atomic mass is 9.85. The molecule has 0 radical (unpaired) electrons. The van der Waals surface area contributed by atoms with E-state index in [9.17, 15) is 63.2 Å². The number of Topliss-reactive ketones (excluding diaryl/α,β-unsaturated/α-hetero) is 3. The largest absolute Gasteiger partial charge is 0.494 e. The van der Waals surface area contributed by atoms with Gasteiger partial charge in [-0.3, -0.25) is 58.4 Å². The highest BCUT2D eigenvalue weighted by atomic mass is 35.5. The van der Waals surface area contributed by atoms with E-state index in [0.717, 1.165) is 132 Å². The molecule has 752 valence electrons. The smallest absolute Gasteiger partial charge is 0.339 e. The van der Waals surface area contributed by atoms with Crippen molar-refractivity contribution in [2.75, 3.05) is 176 Å². The number of carbonyl (C=O) groups is 10. The highest BCUT2D eigenvalue weighted by molar-refractivity contribution is 6.83. The predicted octanol–water partition coefficient (Wildman–Crippen LogP) is 17.1. The number of carboxylic acid groups (broad SMARTS) is 3. The molecule has 141 heavy (non-hydrogen) atoms. The zero-order chi connectivity index (χ0) is 103. The molecule has 10 aromatic carbocycles. The van der Waals surface area contributed by atoms with Crippen LogP contribution >= 0.6 is 11.6 Å². The highest BCUT2D eigenvalue weighted by Crippen LogP contribution is 2.42. The van der Waals surface area contributed by atoms with Crippen LogP contribution in [0.5, 0.6) is 40.2 Å². The minimum atomic E-state index is -1.25. The molecule has 14 rings (SSSR count). The lowest BCUT2D eigenvalue weighted by Crippen LogP contribution is -2.38. The fraction of sp³-hybridized carbons (Fsp3) is 0.402. The van der Waals surface area contributed by atoms with E-state index in [1.165, 1.54) is 46.6 Å². The van der Waals surface area contributed by atoms with Gasteiger partial charge in [0, 0.05) is 111 Å². The topological polar surface area (TPSA) is 430 Å². The van der Waals surface area contributed by atoms with Gasteiger partial charge in [0.1, 0.15) is 53.8 Å². The number of methoxy groups -OCH3 is 4. The highest BCUT2D eigenvalue weighted by Gasteiger charge is 2.34. The van der Waals surface area contributed by atoms with Crippen molar-refractivity contribution >= 4 is 125 Å². The van der Waals surface area contributed by atoms with E-state index < -0.39 is 62.7 Å². The quantitative estimate of drug-likeness (QED) is 0.00633. The Kier molecular flexibility index (Phi) is 38.3. The van der Waals surface area contributed by atoms with E-state index in [-0.39, 0.29) is 84.3 Å². The number of piperidine rings is 1. The van der Waals surface area contributed by atoms with E-state index in [4.69, 9.17) is 74.9 Å². The molecule has 0 aromatic heterocycles. The lowest BCUT2D eigenvalue weighted by Gasteiger charge is -2.29. The van der Waals surface area contributed by atoms with Crippen molar-refractivity contribution < 1.29 is 116 Å². The molecule has 0 spiro atoms. The molecular weight excluding hydrogens is 1830 g/mol. The van der Waals surface area contributed by atoms with Crippen LogP contribution in [0, 0.1) is 10.1 Å². The maximum Gasteiger partial charge on any atom is 0.339 e. The molecule has 0 saturated carbocycles. The number of nitro benzene ring substituents is 1. The molecule has 4 heterocycles. The molecule has 0 atom stereocenters. The SMILES string of the molecule is COc1c(C(=O)O)cc(C(C)(C)C)cc1[N+](=O)[O-].COc1c(N)cc(C(C)(C)C)cc1C(=O)O.COc1c(NC(=O)C(=O)c2ccc(OCCN3CCOCC3)c3ccccc23)cc(C(C)(C)C)cc1C(=O)N1CCCCC1.COc1c(NC(=O)C(=O)c2ccc(OCCN3CCOCC3)c3ccccc23)cc(C(C)(C)C)cc1C(=O)O.O=C(Cl)C(=O)c1ccc(OCCN2CCOCC2)c2ccccc12. The molecule has 0 aliphatic carbocycles. The summed E-state index contributed by atoms with van der Waals surface area (Å²) in [5.74, 6) is -5.26. The predicted molar refractivity (Wildman–Crippen MR) is 540 cm³/mol. The van der Waals surface area contributed by atoms with E-state index in [1.54, 1.807) is 78.9 Å². The number of ether oxygens (including phenoxy) is 10. The molecule has 3 amide bonds. The summed E-state index contributed by atoms with van der Waals surface area (Å²) in [6, 6.07) is 44.9. The molecule has 33 nitrogen and oxygen atoms in total. The molecule has 4 aliphatic heterocycles. The Morgan fingerprint density at radius 2 is 0.681 bits per heavy atom. The maximum absolute atomic E-state index is 13.7. The molecule has 10 aromatic rings. The van der Waals surface area contributed by atoms with Crippen LogP contribution in [-0.4, -0.2) is 258 Å². The zero-order valence-electron chi connectivity index (χ0n) is 82.8. The number of ketones is 3. The normalized spacial score (nSPS) is 14.2. The van der Waals surface area contributed by atoms with Crippen LogP contribution in [0.3, 0.4) is 0 Å². The third-order valence-electron chi connectivity index (χ3n) is 24.2. The van der Waals surface area contributed by atoms with E-state index in [0.29, 0.717) is 113 Å². The summed E-state index contributed by atoms with van der Waals surface area (Å²) in [6.07, 6.45) is 3.01. The van der Waals surface area contributed by atoms with Crippen molar-refractivity contribution in [3.05, 3.63) is 229 Å². The van der Waals surface area contributed by atoms with E-state index >= 15 is 0 Å². The van der Waals surface area contributed by atoms with Gasteiger partial charge >= 0.3 is 23.6 Å². The van der Waals surface area contributed by atoms with Gasteiger partial charge in [0.05, 0.1) is 95.6 Å². The number of fused-ring (bicyclic) bond motifs is 3. The van der Waals surface area contributed by atoms with Crippen molar-refractivity contribution in [1.29, 1.82) is 0 Å². The zero-order valence-corrected chi connectivity index (χ0v) is 83.5. The maximum atomic E-state index is 13.7. The van der Waals surface area contributed by atoms with Gasteiger partial charge in [-0.15, -0.1) is 0 Å². The minimum Gasteiger partial charge on any atom is -0.494 e. The molecule has 0 bridgehead atoms. The molecule has 4 fully saturated rings. The Hall–Kier alpha value is -13.7. The first kappa shape index (κ1) is 109. The van der Waals surface area contributed by atoms with Crippen LogP contribution in [0.1, 0.15) is 197 Å². The van der Waals surface area contributed by atoms with Crippen LogP contribution in [-0.2, 0) is 50.3 Å². The first-order chi connectivity index (χ1) is 66.9. The number of likely N-dealkylation sites (tertiary alicyclic amines) is 1. The van der Waals surface area contributed by atoms with Crippen molar-refractivity contribution in [2.45, 2.75) is 124 Å². The number of benzene rings is 10. The minimum absolute atomic E-state index is 0.0227. The number of hydrogen-bond acceptors (Lipinski definition) is 26. The summed E-state index contributed by atoms with van der Waals surface area (Å²) in [4.78, 5) is 144. The average molecular weight is 1960 g/mol. The Labute approximate surface area is 825 Å². The molecule has 0 unspecified atom stereocenters. The van der Waals surface area contributed by atoms with Crippen LogP contribution in [0.15, 0.2) is 158 Å². The molecular formula is C107H127ClN8O25. The van der Waals surface area contributed by atoms with Crippen molar-refractivity contribution in [3.63, 3.8) is 0 Å². The summed E-state index contributed by atoms with van der Waals surface area (Å²) >= 11 is 5.34. The summed E-state index contributed by atoms with van der Waals surface area (Å²) < 4.78 is 55.1. The van der Waals surface area contributed by atoms with Gasteiger partial charge in [0.15, 0.2) is 17.2 Å². The number of morpholine rings is 3. The third kappa shape index (κ3) is 28.8. The van der Waals surface area contributed by atoms with Crippen LogP contribution in [0.2, 0.25) is 0 Å². The van der Waals surface area contributed by atoms with Gasteiger partial charge in [-0.2, -0.15) is 0 Å². The number of carboxylic acids is 3. The number of aromatic carboxylic acids is 3. The van der Waals surface area contributed by atoms with Gasteiger partial charge in [-0.25, -0.2) is 14.4 Å². The first-order valence-corrected chi connectivity index (χ1v) is 46.9. The number of nitro groups is 1. The van der Waals surface area contributed by atoms with Crippen LogP contribution in [0.4, 0.5) is 22.7 Å². The second-order valence-corrected chi connectivity index (χ2v) is 38.3. The number of nitrogens with zero attached hydrogens (tertiary/aromatic N) is 5. The van der Waals surface area contributed by atoms with Crippen molar-refractivity contribution in [3.8, 4) is 40.2 Å².